The lowest BCUT2D eigenvalue weighted by Crippen LogP contribution is -2.48. The fourth-order valence-corrected chi connectivity index (χ4v) is 2.32. The highest BCUT2D eigenvalue weighted by molar-refractivity contribution is 5.78. The highest BCUT2D eigenvalue weighted by atomic mass is 16.4. The number of carboxylic acids is 1. The maximum atomic E-state index is 11.6. The molecular weight excluding hydrogens is 221 g/mol. The molecule has 98 valence electrons. The van der Waals surface area contributed by atoms with E-state index in [9.17, 15) is 9.59 Å². The van der Waals surface area contributed by atoms with Gasteiger partial charge in [0.05, 0.1) is 13.0 Å². The topological polar surface area (TPSA) is 69.6 Å². The first kappa shape index (κ1) is 14.0. The number of carboxylic acid groups (broad SMARTS) is 1. The van der Waals surface area contributed by atoms with Crippen molar-refractivity contribution in [3.8, 4) is 0 Å². The van der Waals surface area contributed by atoms with E-state index < -0.39 is 5.97 Å². The van der Waals surface area contributed by atoms with Gasteiger partial charge in [-0.2, -0.15) is 0 Å². The number of rotatable bonds is 5. The van der Waals surface area contributed by atoms with Crippen molar-refractivity contribution in [2.45, 2.75) is 51.6 Å². The molecule has 2 N–H and O–H groups in total. The number of aliphatic carboxylic acids is 1. The first-order valence-corrected chi connectivity index (χ1v) is 6.25. The molecule has 5 heteroatoms. The summed E-state index contributed by atoms with van der Waals surface area (Å²) in [6, 6.07) is 0.868. The van der Waals surface area contributed by atoms with E-state index in [0.717, 1.165) is 12.8 Å². The Labute approximate surface area is 102 Å². The van der Waals surface area contributed by atoms with Crippen molar-refractivity contribution in [1.82, 2.24) is 10.2 Å². The van der Waals surface area contributed by atoms with Gasteiger partial charge in [-0.15, -0.1) is 0 Å². The first-order chi connectivity index (χ1) is 8.00. The Hall–Kier alpha value is -1.10. The van der Waals surface area contributed by atoms with Gasteiger partial charge in [-0.25, -0.2) is 0 Å². The predicted octanol–water partition coefficient (Wildman–Crippen LogP) is 0.840. The Balaban J connectivity index is 2.31. The van der Waals surface area contributed by atoms with E-state index in [1.165, 1.54) is 6.42 Å². The van der Waals surface area contributed by atoms with E-state index in [0.29, 0.717) is 18.6 Å². The van der Waals surface area contributed by atoms with Crippen molar-refractivity contribution in [2.75, 3.05) is 13.1 Å². The van der Waals surface area contributed by atoms with Gasteiger partial charge in [-0.05, 0) is 26.7 Å². The van der Waals surface area contributed by atoms with Crippen LogP contribution < -0.4 is 5.32 Å². The fourth-order valence-electron chi connectivity index (χ4n) is 2.32. The zero-order valence-corrected chi connectivity index (χ0v) is 10.6. The molecule has 0 radical (unpaired) electrons. The average molecular weight is 243 g/mol. The van der Waals surface area contributed by atoms with Gasteiger partial charge in [0.1, 0.15) is 0 Å². The largest absolute Gasteiger partial charge is 0.481 e. The second kappa shape index (κ2) is 6.59. The lowest BCUT2D eigenvalue weighted by Gasteiger charge is -2.38. The minimum absolute atomic E-state index is 0.0170. The molecule has 0 bridgehead atoms. The van der Waals surface area contributed by atoms with Crippen LogP contribution in [-0.2, 0) is 9.59 Å². The zero-order valence-electron chi connectivity index (χ0n) is 10.6. The predicted molar refractivity (Wildman–Crippen MR) is 64.7 cm³/mol. The molecule has 0 aromatic carbocycles. The summed E-state index contributed by atoms with van der Waals surface area (Å²) < 4.78 is 0. The van der Waals surface area contributed by atoms with Crippen LogP contribution in [0.3, 0.4) is 0 Å². The molecule has 1 amide bonds. The number of amides is 1. The lowest BCUT2D eigenvalue weighted by molar-refractivity contribution is -0.137. The molecule has 1 aliphatic heterocycles. The Morgan fingerprint density at radius 1 is 1.29 bits per heavy atom. The summed E-state index contributed by atoms with van der Waals surface area (Å²) in [4.78, 5) is 24.1. The van der Waals surface area contributed by atoms with Crippen LogP contribution in [0.1, 0.15) is 39.5 Å². The summed E-state index contributed by atoms with van der Waals surface area (Å²) in [6.07, 6.45) is 3.47. The average Bonchev–Trinajstić information content (AvgIpc) is 2.23. The van der Waals surface area contributed by atoms with Crippen LogP contribution in [0.15, 0.2) is 0 Å². The van der Waals surface area contributed by atoms with Crippen molar-refractivity contribution in [3.63, 3.8) is 0 Å². The van der Waals surface area contributed by atoms with Gasteiger partial charge in [0, 0.05) is 18.6 Å². The second-order valence-electron chi connectivity index (χ2n) is 4.79. The van der Waals surface area contributed by atoms with Crippen molar-refractivity contribution in [2.24, 2.45) is 0 Å². The molecule has 5 nitrogen and oxygen atoms in total. The second-order valence-corrected chi connectivity index (χ2v) is 4.79. The molecule has 0 aromatic rings. The van der Waals surface area contributed by atoms with Crippen molar-refractivity contribution < 1.29 is 14.7 Å². The number of nitrogens with zero attached hydrogens (tertiary/aromatic N) is 1. The molecule has 1 fully saturated rings. The summed E-state index contributed by atoms with van der Waals surface area (Å²) in [5.41, 5.74) is 0. The molecule has 1 aliphatic rings. The van der Waals surface area contributed by atoms with Crippen LogP contribution in [-0.4, -0.2) is 47.1 Å². The van der Waals surface area contributed by atoms with Gasteiger partial charge in [0.25, 0.3) is 0 Å². The SMILES string of the molecule is CC1CCCC(C)[15N]1CC(=O)NCCC(=O)O. The van der Waals surface area contributed by atoms with Gasteiger partial charge in [0.15, 0.2) is 0 Å². The Bertz CT molecular complexity index is 271. The minimum atomic E-state index is -0.884. The molecule has 0 aliphatic carbocycles. The lowest BCUT2D eigenvalue weighted by atomic mass is 10.0. The Kier molecular flexibility index (Phi) is 5.41. The monoisotopic (exact) mass is 243 g/mol. The molecule has 2 unspecified atom stereocenters. The van der Waals surface area contributed by atoms with E-state index in [1.54, 1.807) is 0 Å². The smallest absolute Gasteiger partial charge is 0.305 e. The van der Waals surface area contributed by atoms with Crippen LogP contribution >= 0.6 is 0 Å². The summed E-state index contributed by atoms with van der Waals surface area (Å²) in [5.74, 6) is -0.961. The standard InChI is InChI=1S/C12H22N2O3/c1-9-4-3-5-10(2)14(9)8-11(15)13-7-6-12(16)17/h9-10H,3-8H2,1-2H3,(H,13,15)(H,16,17)/i14+1. The number of carbonyl (C=O) groups excluding carboxylic acids is 1. The number of likely N-dealkylation sites (tertiary alicyclic amines) is 1. The molecule has 1 rings (SSSR count). The number of hydrogen-bond donors (Lipinski definition) is 2. The fraction of sp³-hybridized carbons (Fsp3) is 0.833. The normalized spacial score (nSPS) is 25.5. The summed E-state index contributed by atoms with van der Waals surface area (Å²) in [6.45, 7) is 4.87. The van der Waals surface area contributed by atoms with Crippen LogP contribution in [0, 0.1) is 0 Å². The number of carbonyl (C=O) groups is 2. The van der Waals surface area contributed by atoms with E-state index in [2.05, 4.69) is 24.1 Å². The molecule has 1 saturated heterocycles. The third-order valence-electron chi connectivity index (χ3n) is 3.36. The van der Waals surface area contributed by atoms with Crippen LogP contribution in [0.25, 0.3) is 0 Å². The van der Waals surface area contributed by atoms with Crippen LogP contribution in [0.2, 0.25) is 0 Å². The van der Waals surface area contributed by atoms with E-state index in [-0.39, 0.29) is 18.9 Å². The maximum Gasteiger partial charge on any atom is 0.305 e. The van der Waals surface area contributed by atoms with Gasteiger partial charge in [0.2, 0.25) is 5.91 Å². The molecule has 1 heterocycles. The van der Waals surface area contributed by atoms with Gasteiger partial charge in [-0.1, -0.05) is 6.42 Å². The first-order valence-electron chi connectivity index (χ1n) is 6.25. The van der Waals surface area contributed by atoms with Crippen molar-refractivity contribution in [3.05, 3.63) is 0 Å². The molecular formula is C12H22N2O3. The van der Waals surface area contributed by atoms with E-state index in [1.807, 2.05) is 0 Å². The number of piperidine rings is 1. The maximum absolute atomic E-state index is 11.6. The van der Waals surface area contributed by atoms with Crippen LogP contribution in [0.4, 0.5) is 0 Å². The van der Waals surface area contributed by atoms with Crippen molar-refractivity contribution >= 4 is 11.9 Å². The molecule has 0 spiro atoms. The third kappa shape index (κ3) is 4.73. The quantitative estimate of drug-likeness (QED) is 0.702. The number of hydrogen-bond acceptors (Lipinski definition) is 3. The van der Waals surface area contributed by atoms with E-state index in [4.69, 9.17) is 5.11 Å². The summed E-state index contributed by atoms with van der Waals surface area (Å²) >= 11 is 0. The summed E-state index contributed by atoms with van der Waals surface area (Å²) in [7, 11) is 0. The van der Waals surface area contributed by atoms with E-state index >= 15 is 0 Å². The van der Waals surface area contributed by atoms with Gasteiger partial charge < -0.3 is 10.4 Å². The third-order valence-corrected chi connectivity index (χ3v) is 3.36. The molecule has 17 heavy (non-hydrogen) atoms. The summed E-state index contributed by atoms with van der Waals surface area (Å²) in [5, 5.41) is 11.1. The van der Waals surface area contributed by atoms with Gasteiger partial charge >= 0.3 is 5.97 Å². The van der Waals surface area contributed by atoms with Crippen molar-refractivity contribution in [1.29, 1.82) is 0 Å². The Morgan fingerprint density at radius 3 is 2.41 bits per heavy atom. The molecule has 0 saturated carbocycles. The molecule has 0 aromatic heterocycles. The van der Waals surface area contributed by atoms with Gasteiger partial charge in [-0.3, -0.25) is 14.5 Å². The Morgan fingerprint density at radius 2 is 1.88 bits per heavy atom. The molecule has 2 atom stereocenters. The zero-order chi connectivity index (χ0) is 12.8. The highest BCUT2D eigenvalue weighted by Gasteiger charge is 2.26. The van der Waals surface area contributed by atoms with Crippen LogP contribution in [0.5, 0.6) is 0 Å². The highest BCUT2D eigenvalue weighted by Crippen LogP contribution is 2.21. The minimum Gasteiger partial charge on any atom is -0.481 e. The number of nitrogens with one attached hydrogen (secondary N) is 1.